The Bertz CT molecular complexity index is 478. The molecule has 1 aromatic rings. The third-order valence-corrected chi connectivity index (χ3v) is 3.30. The van der Waals surface area contributed by atoms with Crippen LogP contribution in [0.3, 0.4) is 0 Å². The van der Waals surface area contributed by atoms with Crippen LogP contribution in [0.15, 0.2) is 17.1 Å². The first kappa shape index (κ1) is 15.4. The summed E-state index contributed by atoms with van der Waals surface area (Å²) in [5, 5.41) is 0. The van der Waals surface area contributed by atoms with E-state index in [-0.39, 0.29) is 22.9 Å². The van der Waals surface area contributed by atoms with Gasteiger partial charge in [-0.3, -0.25) is 9.59 Å². The van der Waals surface area contributed by atoms with E-state index in [1.807, 2.05) is 13.8 Å². The van der Waals surface area contributed by atoms with Crippen LogP contribution in [0.25, 0.3) is 0 Å². The molecule has 19 heavy (non-hydrogen) atoms. The minimum atomic E-state index is -0.241. The molecule has 0 aliphatic heterocycles. The van der Waals surface area contributed by atoms with Gasteiger partial charge in [0.05, 0.1) is 0 Å². The van der Waals surface area contributed by atoms with E-state index in [4.69, 9.17) is 5.73 Å². The Morgan fingerprint density at radius 1 is 1.42 bits per heavy atom. The minimum Gasteiger partial charge on any atom is -0.364 e. The van der Waals surface area contributed by atoms with Crippen LogP contribution in [0, 0.1) is 6.92 Å². The van der Waals surface area contributed by atoms with Gasteiger partial charge in [-0.2, -0.15) is 0 Å². The van der Waals surface area contributed by atoms with E-state index in [2.05, 4.69) is 4.98 Å². The van der Waals surface area contributed by atoms with E-state index in [1.165, 1.54) is 12.3 Å². The highest BCUT2D eigenvalue weighted by atomic mass is 16.2. The van der Waals surface area contributed by atoms with E-state index in [1.54, 1.807) is 11.8 Å². The zero-order chi connectivity index (χ0) is 14.4. The highest BCUT2D eigenvalue weighted by molar-refractivity contribution is 5.94. The fourth-order valence-electron chi connectivity index (χ4n) is 2.21. The lowest BCUT2D eigenvalue weighted by Gasteiger charge is -2.30. The number of carbonyl (C=O) groups is 1. The van der Waals surface area contributed by atoms with Crippen molar-refractivity contribution in [3.05, 3.63) is 33.7 Å². The summed E-state index contributed by atoms with van der Waals surface area (Å²) < 4.78 is 0. The quantitative estimate of drug-likeness (QED) is 0.813. The summed E-state index contributed by atoms with van der Waals surface area (Å²) in [6.07, 6.45) is 3.20. The number of carbonyl (C=O) groups excluding carboxylic acids is 1. The summed E-state index contributed by atoms with van der Waals surface area (Å²) in [5.41, 5.74) is 6.26. The first-order valence-electron chi connectivity index (χ1n) is 6.75. The van der Waals surface area contributed by atoms with E-state index in [9.17, 15) is 9.59 Å². The summed E-state index contributed by atoms with van der Waals surface area (Å²) in [7, 11) is 0. The number of nitrogens with one attached hydrogen (secondary N) is 1. The Kier molecular flexibility index (Phi) is 5.76. The molecule has 0 bridgehead atoms. The number of amides is 1. The van der Waals surface area contributed by atoms with Crippen molar-refractivity contribution in [3.8, 4) is 0 Å². The Morgan fingerprint density at radius 3 is 2.53 bits per heavy atom. The lowest BCUT2D eigenvalue weighted by Crippen LogP contribution is -2.44. The Hall–Kier alpha value is -1.62. The molecule has 1 rings (SSSR count). The van der Waals surface area contributed by atoms with Crippen molar-refractivity contribution >= 4 is 5.91 Å². The molecule has 5 heteroatoms. The number of aromatic nitrogens is 1. The Balaban J connectivity index is 3.08. The average molecular weight is 265 g/mol. The van der Waals surface area contributed by atoms with E-state index >= 15 is 0 Å². The van der Waals surface area contributed by atoms with Crippen molar-refractivity contribution in [2.24, 2.45) is 5.73 Å². The molecule has 0 unspecified atom stereocenters. The molecule has 0 saturated carbocycles. The molecule has 106 valence electrons. The second kappa shape index (κ2) is 7.09. The summed E-state index contributed by atoms with van der Waals surface area (Å²) in [6, 6.07) is 1.57. The topological polar surface area (TPSA) is 79.2 Å². The van der Waals surface area contributed by atoms with Crippen molar-refractivity contribution in [2.75, 3.05) is 13.1 Å². The first-order chi connectivity index (χ1) is 9.04. The van der Waals surface area contributed by atoms with Crippen LogP contribution in [0.2, 0.25) is 0 Å². The van der Waals surface area contributed by atoms with Crippen LogP contribution < -0.4 is 11.2 Å². The third-order valence-electron chi connectivity index (χ3n) is 3.30. The monoisotopic (exact) mass is 265 g/mol. The Labute approximate surface area is 113 Å². The number of aromatic amines is 1. The zero-order valence-corrected chi connectivity index (χ0v) is 11.9. The van der Waals surface area contributed by atoms with Crippen LogP contribution in [-0.2, 0) is 0 Å². The molecule has 0 fully saturated rings. The van der Waals surface area contributed by atoms with Gasteiger partial charge in [-0.15, -0.1) is 0 Å². The molecule has 5 nitrogen and oxygen atoms in total. The SMILES string of the molecule is CCC(CC)N(CCN)C(=O)c1c[nH]c(C)cc1=O. The number of H-pyrrole nitrogens is 1. The maximum atomic E-state index is 12.5. The van der Waals surface area contributed by atoms with Gasteiger partial charge >= 0.3 is 0 Å². The number of hydrogen-bond donors (Lipinski definition) is 2. The molecule has 1 heterocycles. The van der Waals surface area contributed by atoms with Crippen molar-refractivity contribution in [1.29, 1.82) is 0 Å². The van der Waals surface area contributed by atoms with Gasteiger partial charge in [-0.25, -0.2) is 0 Å². The Morgan fingerprint density at radius 2 is 2.05 bits per heavy atom. The van der Waals surface area contributed by atoms with Gasteiger partial charge in [0, 0.05) is 37.1 Å². The predicted octanol–water partition coefficient (Wildman–Crippen LogP) is 1.27. The maximum Gasteiger partial charge on any atom is 0.259 e. The highest BCUT2D eigenvalue weighted by Crippen LogP contribution is 2.11. The molecule has 0 aromatic carbocycles. The molecule has 0 atom stereocenters. The molecule has 1 aromatic heterocycles. The molecule has 0 aliphatic rings. The molecular formula is C14H23N3O2. The first-order valence-corrected chi connectivity index (χ1v) is 6.75. The highest BCUT2D eigenvalue weighted by Gasteiger charge is 2.23. The number of rotatable bonds is 6. The van der Waals surface area contributed by atoms with Crippen molar-refractivity contribution in [3.63, 3.8) is 0 Å². The van der Waals surface area contributed by atoms with Crippen LogP contribution in [0.1, 0.15) is 42.7 Å². The van der Waals surface area contributed by atoms with Crippen LogP contribution in [0.4, 0.5) is 0 Å². The standard InChI is InChI=1S/C14H23N3O2/c1-4-11(5-2)17(7-6-15)14(19)12-9-16-10(3)8-13(12)18/h8-9,11H,4-7,15H2,1-3H3,(H,16,18). The van der Waals surface area contributed by atoms with Crippen molar-refractivity contribution in [1.82, 2.24) is 9.88 Å². The molecule has 0 saturated heterocycles. The number of aryl methyl sites for hydroxylation is 1. The molecular weight excluding hydrogens is 242 g/mol. The van der Waals surface area contributed by atoms with Crippen LogP contribution in [0.5, 0.6) is 0 Å². The second-order valence-corrected chi connectivity index (χ2v) is 4.65. The zero-order valence-electron chi connectivity index (χ0n) is 11.9. The summed E-state index contributed by atoms with van der Waals surface area (Å²) in [5.74, 6) is -0.236. The lowest BCUT2D eigenvalue weighted by molar-refractivity contribution is 0.0672. The predicted molar refractivity (Wildman–Crippen MR) is 76.3 cm³/mol. The van der Waals surface area contributed by atoms with Crippen LogP contribution >= 0.6 is 0 Å². The third kappa shape index (κ3) is 3.67. The average Bonchev–Trinajstić information content (AvgIpc) is 2.38. The number of hydrogen-bond acceptors (Lipinski definition) is 3. The molecule has 0 spiro atoms. The van der Waals surface area contributed by atoms with E-state index < -0.39 is 0 Å². The molecule has 3 N–H and O–H groups in total. The lowest BCUT2D eigenvalue weighted by atomic mass is 10.1. The second-order valence-electron chi connectivity index (χ2n) is 4.65. The fourth-order valence-corrected chi connectivity index (χ4v) is 2.21. The van der Waals surface area contributed by atoms with Crippen molar-refractivity contribution < 1.29 is 4.79 Å². The van der Waals surface area contributed by atoms with Gasteiger partial charge in [-0.1, -0.05) is 13.8 Å². The van der Waals surface area contributed by atoms with E-state index in [0.29, 0.717) is 13.1 Å². The number of nitrogens with two attached hydrogens (primary N) is 1. The van der Waals surface area contributed by atoms with E-state index in [0.717, 1.165) is 18.5 Å². The largest absolute Gasteiger partial charge is 0.364 e. The van der Waals surface area contributed by atoms with Gasteiger partial charge in [-0.05, 0) is 19.8 Å². The molecule has 1 amide bonds. The normalized spacial score (nSPS) is 10.8. The van der Waals surface area contributed by atoms with Crippen LogP contribution in [-0.4, -0.2) is 34.9 Å². The van der Waals surface area contributed by atoms with Gasteiger partial charge in [0.15, 0.2) is 5.43 Å². The summed E-state index contributed by atoms with van der Waals surface area (Å²) >= 11 is 0. The minimum absolute atomic E-state index is 0.122. The van der Waals surface area contributed by atoms with Gasteiger partial charge < -0.3 is 15.6 Å². The van der Waals surface area contributed by atoms with Gasteiger partial charge in [0.2, 0.25) is 0 Å². The summed E-state index contributed by atoms with van der Waals surface area (Å²) in [4.78, 5) is 29.0. The van der Waals surface area contributed by atoms with Gasteiger partial charge in [0.1, 0.15) is 5.56 Å². The van der Waals surface area contributed by atoms with Crippen molar-refractivity contribution in [2.45, 2.75) is 39.7 Å². The summed E-state index contributed by atoms with van der Waals surface area (Å²) in [6.45, 7) is 6.72. The number of nitrogens with zero attached hydrogens (tertiary/aromatic N) is 1. The molecule has 0 radical (unpaired) electrons. The fraction of sp³-hybridized carbons (Fsp3) is 0.571. The number of pyridine rings is 1. The maximum absolute atomic E-state index is 12.5. The smallest absolute Gasteiger partial charge is 0.259 e. The molecule has 0 aliphatic carbocycles. The van der Waals surface area contributed by atoms with Gasteiger partial charge in [0.25, 0.3) is 5.91 Å².